The minimum absolute atomic E-state index is 0.162. The zero-order valence-corrected chi connectivity index (χ0v) is 17.9. The summed E-state index contributed by atoms with van der Waals surface area (Å²) in [6.07, 6.45) is 3.78. The van der Waals surface area contributed by atoms with E-state index in [9.17, 15) is 0 Å². The van der Waals surface area contributed by atoms with Crippen molar-refractivity contribution < 1.29 is 14.3 Å². The molecule has 0 unspecified atom stereocenters. The predicted molar refractivity (Wildman–Crippen MR) is 116 cm³/mol. The van der Waals surface area contributed by atoms with E-state index >= 15 is 0 Å². The van der Waals surface area contributed by atoms with E-state index in [4.69, 9.17) is 9.47 Å². The maximum Gasteiger partial charge on any atom is 0.213 e. The van der Waals surface area contributed by atoms with E-state index in [1.54, 1.807) is 0 Å². The summed E-state index contributed by atoms with van der Waals surface area (Å²) in [5, 5.41) is 7.77. The Morgan fingerprint density at radius 1 is 1.17 bits per heavy atom. The Labute approximate surface area is 177 Å². The number of piperidine rings is 1. The number of benzene rings is 1. The molecule has 0 atom stereocenters. The van der Waals surface area contributed by atoms with Gasteiger partial charge in [0.05, 0.1) is 18.2 Å². The molecular weight excluding hydrogens is 380 g/mol. The molecular formula is C23H30N4O3. The zero-order valence-electron chi connectivity index (χ0n) is 17.9. The highest BCUT2D eigenvalue weighted by Crippen LogP contribution is 2.38. The monoisotopic (exact) mass is 410 g/mol. The third-order valence-corrected chi connectivity index (χ3v) is 5.60. The first kappa shape index (κ1) is 20.8. The summed E-state index contributed by atoms with van der Waals surface area (Å²) in [7, 11) is 0. The first-order valence-electron chi connectivity index (χ1n) is 10.5. The molecule has 5 rings (SSSR count). The standard InChI is InChI=1S/C20H21N3O2.C3H9NO/c1-14-18(4-3-17-6-9-22-23(14)17)15-2-5-19-16(12-15)13-24-20(25-19)7-10-21-11-8-20;1-3(2)5-4/h2-6,9,12,21H,7-8,10-11,13H2,1H3;3H,4H2,1-2H3. The van der Waals surface area contributed by atoms with Gasteiger partial charge < -0.3 is 19.6 Å². The maximum absolute atomic E-state index is 6.26. The average molecular weight is 411 g/mol. The molecule has 0 aliphatic carbocycles. The fourth-order valence-corrected chi connectivity index (χ4v) is 3.88. The van der Waals surface area contributed by atoms with Crippen LogP contribution in [-0.2, 0) is 16.2 Å². The Morgan fingerprint density at radius 2 is 1.93 bits per heavy atom. The normalized spacial score (nSPS) is 17.4. The summed E-state index contributed by atoms with van der Waals surface area (Å²) in [6.45, 7) is 8.34. The van der Waals surface area contributed by atoms with Crippen molar-refractivity contribution in [2.24, 2.45) is 5.90 Å². The van der Waals surface area contributed by atoms with E-state index in [0.717, 1.165) is 48.5 Å². The van der Waals surface area contributed by atoms with Gasteiger partial charge in [-0.3, -0.25) is 0 Å². The number of ether oxygens (including phenoxy) is 2. The van der Waals surface area contributed by atoms with Crippen molar-refractivity contribution in [2.45, 2.75) is 52.1 Å². The van der Waals surface area contributed by atoms with Gasteiger partial charge in [0.1, 0.15) is 5.75 Å². The molecule has 1 saturated heterocycles. The Balaban J connectivity index is 0.000000393. The molecule has 2 aliphatic heterocycles. The molecule has 2 aromatic heterocycles. The van der Waals surface area contributed by atoms with Crippen LogP contribution in [0.5, 0.6) is 5.75 Å². The van der Waals surface area contributed by atoms with Crippen LogP contribution in [0.2, 0.25) is 0 Å². The predicted octanol–water partition coefficient (Wildman–Crippen LogP) is 3.58. The first-order valence-corrected chi connectivity index (χ1v) is 10.5. The molecule has 1 fully saturated rings. The number of aryl methyl sites for hydroxylation is 1. The molecule has 160 valence electrons. The van der Waals surface area contributed by atoms with Crippen LogP contribution in [0, 0.1) is 6.92 Å². The van der Waals surface area contributed by atoms with Crippen molar-refractivity contribution in [1.82, 2.24) is 14.9 Å². The molecule has 3 aromatic rings. The van der Waals surface area contributed by atoms with E-state index in [0.29, 0.717) is 6.61 Å². The van der Waals surface area contributed by atoms with Crippen molar-refractivity contribution in [2.75, 3.05) is 13.1 Å². The SMILES string of the molecule is CC(C)ON.Cc1c(-c2ccc3c(c2)COC2(CCNCC2)O3)ccc2ccnn12. The molecule has 30 heavy (non-hydrogen) atoms. The summed E-state index contributed by atoms with van der Waals surface area (Å²) < 4.78 is 14.4. The maximum atomic E-state index is 6.26. The second-order valence-corrected chi connectivity index (χ2v) is 8.06. The summed E-state index contributed by atoms with van der Waals surface area (Å²) in [6, 6.07) is 12.7. The van der Waals surface area contributed by atoms with Crippen LogP contribution < -0.4 is 16.0 Å². The summed E-state index contributed by atoms with van der Waals surface area (Å²) in [4.78, 5) is 4.25. The van der Waals surface area contributed by atoms with Gasteiger partial charge in [0, 0.05) is 48.9 Å². The van der Waals surface area contributed by atoms with Crippen LogP contribution in [0.1, 0.15) is 37.9 Å². The van der Waals surface area contributed by atoms with Gasteiger partial charge in [0.15, 0.2) is 0 Å². The van der Waals surface area contributed by atoms with Crippen LogP contribution in [0.4, 0.5) is 0 Å². The van der Waals surface area contributed by atoms with Gasteiger partial charge in [-0.05, 0) is 50.6 Å². The molecule has 7 heteroatoms. The Kier molecular flexibility index (Phi) is 6.06. The topological polar surface area (TPSA) is 83.0 Å². The van der Waals surface area contributed by atoms with Gasteiger partial charge in [-0.1, -0.05) is 12.1 Å². The number of nitrogens with zero attached hydrogens (tertiary/aromatic N) is 2. The van der Waals surface area contributed by atoms with E-state index in [1.807, 2.05) is 30.6 Å². The fraction of sp³-hybridized carbons (Fsp3) is 0.435. The first-order chi connectivity index (χ1) is 14.5. The van der Waals surface area contributed by atoms with Crippen LogP contribution in [0.25, 0.3) is 16.6 Å². The second kappa shape index (κ2) is 8.73. The third-order valence-electron chi connectivity index (χ3n) is 5.60. The van der Waals surface area contributed by atoms with E-state index in [-0.39, 0.29) is 6.10 Å². The van der Waals surface area contributed by atoms with Crippen molar-refractivity contribution in [3.63, 3.8) is 0 Å². The van der Waals surface area contributed by atoms with Crippen LogP contribution in [0.3, 0.4) is 0 Å². The number of pyridine rings is 1. The van der Waals surface area contributed by atoms with Crippen molar-refractivity contribution in [3.8, 4) is 16.9 Å². The molecule has 7 nitrogen and oxygen atoms in total. The van der Waals surface area contributed by atoms with Gasteiger partial charge in [0.25, 0.3) is 0 Å². The largest absolute Gasteiger partial charge is 0.462 e. The fourth-order valence-electron chi connectivity index (χ4n) is 3.88. The molecule has 1 spiro atoms. The molecule has 0 saturated carbocycles. The molecule has 0 amide bonds. The lowest BCUT2D eigenvalue weighted by atomic mass is 9.99. The quantitative estimate of drug-likeness (QED) is 0.629. The van der Waals surface area contributed by atoms with E-state index < -0.39 is 5.79 Å². The highest BCUT2D eigenvalue weighted by Gasteiger charge is 2.38. The summed E-state index contributed by atoms with van der Waals surface area (Å²) in [5.41, 5.74) is 5.71. The van der Waals surface area contributed by atoms with Gasteiger partial charge in [-0.15, -0.1) is 0 Å². The number of rotatable bonds is 2. The van der Waals surface area contributed by atoms with Gasteiger partial charge in [-0.25, -0.2) is 10.4 Å². The second-order valence-electron chi connectivity index (χ2n) is 8.06. The lowest BCUT2D eigenvalue weighted by Crippen LogP contribution is -2.49. The Morgan fingerprint density at radius 3 is 2.67 bits per heavy atom. The Bertz CT molecular complexity index is 1010. The number of hydrogen-bond donors (Lipinski definition) is 2. The Hall–Kier alpha value is -2.45. The van der Waals surface area contributed by atoms with E-state index in [2.05, 4.69) is 58.4 Å². The third kappa shape index (κ3) is 4.20. The molecule has 2 aliphatic rings. The van der Waals surface area contributed by atoms with E-state index in [1.165, 1.54) is 11.1 Å². The summed E-state index contributed by atoms with van der Waals surface area (Å²) >= 11 is 0. The average Bonchev–Trinajstić information content (AvgIpc) is 3.25. The number of nitrogens with two attached hydrogens (primary N) is 1. The number of fused-ring (bicyclic) bond motifs is 2. The molecule has 0 radical (unpaired) electrons. The lowest BCUT2D eigenvalue weighted by Gasteiger charge is -2.41. The van der Waals surface area contributed by atoms with Gasteiger partial charge >= 0.3 is 0 Å². The van der Waals surface area contributed by atoms with Crippen molar-refractivity contribution >= 4 is 5.52 Å². The number of nitrogens with one attached hydrogen (secondary N) is 1. The highest BCUT2D eigenvalue weighted by atomic mass is 16.7. The van der Waals surface area contributed by atoms with Crippen LogP contribution >= 0.6 is 0 Å². The summed E-state index contributed by atoms with van der Waals surface area (Å²) in [5.74, 6) is 5.18. The number of hydrogen-bond acceptors (Lipinski definition) is 6. The van der Waals surface area contributed by atoms with Crippen LogP contribution in [-0.4, -0.2) is 34.6 Å². The lowest BCUT2D eigenvalue weighted by molar-refractivity contribution is -0.218. The minimum atomic E-state index is -0.441. The smallest absolute Gasteiger partial charge is 0.213 e. The molecule has 1 aromatic carbocycles. The highest BCUT2D eigenvalue weighted by molar-refractivity contribution is 5.70. The minimum Gasteiger partial charge on any atom is -0.462 e. The number of aromatic nitrogens is 2. The zero-order chi connectivity index (χ0) is 21.1. The molecule has 3 N–H and O–H groups in total. The van der Waals surface area contributed by atoms with Crippen LogP contribution in [0.15, 0.2) is 42.6 Å². The molecule has 0 bridgehead atoms. The van der Waals surface area contributed by atoms with Gasteiger partial charge in [-0.2, -0.15) is 5.10 Å². The van der Waals surface area contributed by atoms with Crippen molar-refractivity contribution in [3.05, 3.63) is 53.9 Å². The van der Waals surface area contributed by atoms with Crippen molar-refractivity contribution in [1.29, 1.82) is 0 Å². The van der Waals surface area contributed by atoms with Gasteiger partial charge in [0.2, 0.25) is 5.79 Å². The molecule has 4 heterocycles.